The number of benzene rings is 4. The molecule has 0 spiro atoms. The highest BCUT2D eigenvalue weighted by Crippen LogP contribution is 2.42. The van der Waals surface area contributed by atoms with Crippen LogP contribution >= 0.6 is 0 Å². The van der Waals surface area contributed by atoms with E-state index in [4.69, 9.17) is 18.9 Å². The first-order chi connectivity index (χ1) is 53.8. The molecule has 0 bridgehead atoms. The molecular weight excluding hydrogens is 1480 g/mol. The summed E-state index contributed by atoms with van der Waals surface area (Å²) in [6.07, 6.45) is -1.74. The maximum Gasteiger partial charge on any atom is 0.400 e. The Kier molecular flexibility index (Phi) is 43.5. The van der Waals surface area contributed by atoms with Gasteiger partial charge in [-0.1, -0.05) is 215 Å². The zero-order valence-corrected chi connectivity index (χ0v) is 76.6. The molecule has 4 aromatic carbocycles. The van der Waals surface area contributed by atoms with Crippen molar-refractivity contribution in [2.75, 3.05) is 56.9 Å². The molecule has 0 heterocycles. The van der Waals surface area contributed by atoms with Gasteiger partial charge in [-0.3, -0.25) is 19.2 Å². The Bertz CT molecular complexity index is 3520. The lowest BCUT2D eigenvalue weighted by atomic mass is 9.82. The molecule has 0 fully saturated rings. The first-order valence-electron chi connectivity index (χ1n) is 40.4. The van der Waals surface area contributed by atoms with Gasteiger partial charge >= 0.3 is 47.8 Å². The van der Waals surface area contributed by atoms with Crippen LogP contribution in [-0.2, 0) is 76.3 Å². The third-order valence-corrected chi connectivity index (χ3v) is 20.7. The summed E-state index contributed by atoms with van der Waals surface area (Å²) in [6.45, 7) is 57.7. The summed E-state index contributed by atoms with van der Waals surface area (Å²) in [5.41, 5.74) is 16.1. The van der Waals surface area contributed by atoms with Crippen molar-refractivity contribution in [2.45, 2.75) is 315 Å². The smallest absolute Gasteiger partial charge is 0.400 e. The molecule has 24 nitrogen and oxygen atoms in total. The van der Waals surface area contributed by atoms with E-state index in [0.29, 0.717) is 42.6 Å². The number of nitrogens with zero attached hydrogens (tertiary/aromatic N) is 4. The van der Waals surface area contributed by atoms with Gasteiger partial charge in [-0.05, 0) is 138 Å². The number of hydroxylamine groups is 4. The van der Waals surface area contributed by atoms with Gasteiger partial charge in [0.05, 0.1) is 56.9 Å². The van der Waals surface area contributed by atoms with Crippen LogP contribution in [0, 0.1) is 20.8 Å². The monoisotopic (exact) mass is 1620 g/mol. The minimum absolute atomic E-state index is 0.194. The molecule has 648 valence electrons. The molecule has 24 heteroatoms. The molecule has 4 aromatic rings. The third kappa shape index (κ3) is 28.4. The average Bonchev–Trinajstić information content (AvgIpc) is 0.796. The maximum atomic E-state index is 13.2. The van der Waals surface area contributed by atoms with E-state index < -0.39 is 97.6 Å². The van der Waals surface area contributed by atoms with E-state index >= 15 is 0 Å². The minimum Gasteiger partial charge on any atom is -0.623 e. The van der Waals surface area contributed by atoms with Crippen molar-refractivity contribution in [2.24, 2.45) is 0 Å². The second kappa shape index (κ2) is 48.3. The summed E-state index contributed by atoms with van der Waals surface area (Å²) in [5.74, 6) is -2.99. The number of hydrogen-bond donors (Lipinski definition) is 0. The van der Waals surface area contributed by atoms with Gasteiger partial charge in [0, 0.05) is 49.9 Å². The molecule has 0 saturated heterocycles. The number of carbonyl (C=O) groups excluding carboxylic acids is 8. The minimum atomic E-state index is -0.826. The van der Waals surface area contributed by atoms with E-state index in [0.717, 1.165) is 66.8 Å². The van der Waals surface area contributed by atoms with Crippen LogP contribution in [0.1, 0.15) is 404 Å². The molecule has 0 radical (unpaired) electrons. The lowest BCUT2D eigenvalue weighted by Crippen LogP contribution is -2.31. The van der Waals surface area contributed by atoms with Crippen molar-refractivity contribution >= 4 is 70.6 Å². The van der Waals surface area contributed by atoms with Crippen molar-refractivity contribution < 1.29 is 95.2 Å². The van der Waals surface area contributed by atoms with Crippen molar-refractivity contribution in [1.82, 2.24) is 0 Å². The van der Waals surface area contributed by atoms with Gasteiger partial charge in [-0.2, -0.15) is 19.0 Å². The number of methoxy groups -OCH3 is 8. The quantitative estimate of drug-likeness (QED) is 0.0109. The van der Waals surface area contributed by atoms with Crippen LogP contribution in [0.5, 0.6) is 0 Å². The van der Waals surface area contributed by atoms with E-state index in [9.17, 15) is 59.2 Å². The number of hydrogen-bond acceptors (Lipinski definition) is 20. The summed E-state index contributed by atoms with van der Waals surface area (Å²) >= 11 is 0. The Hall–Kier alpha value is -9.48. The number of rotatable bonds is 32. The third-order valence-electron chi connectivity index (χ3n) is 20.7. The van der Waals surface area contributed by atoms with E-state index in [1.807, 2.05) is 0 Å². The zero-order valence-electron chi connectivity index (χ0n) is 76.6. The van der Waals surface area contributed by atoms with Gasteiger partial charge in [0.1, 0.15) is 25.7 Å². The van der Waals surface area contributed by atoms with Crippen LogP contribution in [0.3, 0.4) is 0 Å². The topological polar surface area (TPSA) is 315 Å². The second-order valence-corrected chi connectivity index (χ2v) is 33.1. The highest BCUT2D eigenvalue weighted by Gasteiger charge is 2.38. The Labute approximate surface area is 692 Å². The molecular formula is C92H140N4O20. The Morgan fingerprint density at radius 2 is 0.345 bits per heavy atom. The largest absolute Gasteiger partial charge is 0.623 e. The van der Waals surface area contributed by atoms with Crippen LogP contribution in [0.25, 0.3) is 0 Å². The molecule has 0 aromatic heterocycles. The first kappa shape index (κ1) is 105. The zero-order chi connectivity index (χ0) is 89.9. The molecule has 0 N–H and O–H groups in total. The van der Waals surface area contributed by atoms with Gasteiger partial charge in [-0.25, -0.2) is 19.2 Å². The highest BCUT2D eigenvalue weighted by molar-refractivity contribution is 6.38. The van der Waals surface area contributed by atoms with E-state index in [1.165, 1.54) is 79.1 Å². The molecule has 116 heavy (non-hydrogen) atoms. The van der Waals surface area contributed by atoms with Gasteiger partial charge in [0.25, 0.3) is 22.8 Å². The average molecular weight is 1620 g/mol. The summed E-state index contributed by atoms with van der Waals surface area (Å²) in [7, 11) is 9.62. The predicted octanol–water partition coefficient (Wildman–Crippen LogP) is 19.2. The van der Waals surface area contributed by atoms with Crippen LogP contribution in [0.4, 0.5) is 0 Å². The Morgan fingerprint density at radius 1 is 0.224 bits per heavy atom. The van der Waals surface area contributed by atoms with E-state index in [2.05, 4.69) is 234 Å². The maximum absolute atomic E-state index is 13.2. The van der Waals surface area contributed by atoms with Crippen molar-refractivity contribution in [3.8, 4) is 0 Å². The lowest BCUT2D eigenvalue weighted by molar-refractivity contribution is -0.504. The lowest BCUT2D eigenvalue weighted by Gasteiger charge is -2.26. The van der Waals surface area contributed by atoms with Gasteiger partial charge < -0.3 is 58.7 Å². The fourth-order valence-corrected chi connectivity index (χ4v) is 13.6. The number of ether oxygens (including phenoxy) is 8. The second-order valence-electron chi connectivity index (χ2n) is 33.1. The van der Waals surface area contributed by atoms with Crippen LogP contribution in [-0.4, -0.2) is 146 Å². The number of esters is 8. The number of carbonyl (C=O) groups is 8. The van der Waals surface area contributed by atoms with E-state index in [-0.39, 0.29) is 70.2 Å². The normalized spacial score (nSPS) is 13.5. The van der Waals surface area contributed by atoms with Crippen molar-refractivity contribution in [3.05, 3.63) is 158 Å². The van der Waals surface area contributed by atoms with Crippen molar-refractivity contribution in [3.63, 3.8) is 0 Å². The molecule has 0 aliphatic heterocycles. The van der Waals surface area contributed by atoms with Gasteiger partial charge in [0.15, 0.2) is 24.2 Å². The SMILES string of the molecule is COC(=O)C/C(C(=O)OC)=[N+](\[O-])[C@H](C)c1c(C(C)C)cc(C(C)C)cc1C(C)C.COC(=O)C/C(C(=O)OC)=[N+](\[O-])[C@H](C)c1c(C(C)C)cc(C(C)C)cc1C(C)C.COC(=O)C/C(C(=O)OC)=[N+](\[O-])[C@H](C)c1c(C(C)C)cc(C(C)C)cc1C(C)C.COC(=O)C/C(C(=O)OC)=[N+](\[O-])[C@H](C)c1c(C(C)C)cc(C(C)C)cc1C(C)C. The molecule has 0 aliphatic carbocycles. The predicted molar refractivity (Wildman–Crippen MR) is 458 cm³/mol. The molecule has 0 aliphatic rings. The fraction of sp³-hybridized carbons (Fsp3) is 0.609. The van der Waals surface area contributed by atoms with Crippen molar-refractivity contribution in [1.29, 1.82) is 0 Å². The van der Waals surface area contributed by atoms with Crippen LogP contribution < -0.4 is 0 Å². The molecule has 0 amide bonds. The molecule has 4 rings (SSSR count). The Balaban J connectivity index is 0.000000773. The van der Waals surface area contributed by atoms with Gasteiger partial charge in [0.2, 0.25) is 0 Å². The fourth-order valence-electron chi connectivity index (χ4n) is 13.6. The summed E-state index contributed by atoms with van der Waals surface area (Å²) in [5, 5.41) is 52.9. The standard InChI is InChI=1S/4C23H35NO5/c4*1-13(2)17-10-18(14(3)4)22(19(11-17)15(5)6)16(7)24(27)20(23(26)29-9)12-21(25)28-8/h4*10-11,13-16H,12H2,1-9H3/b4*24-20+/t4*16-/m1111/s1. The van der Waals surface area contributed by atoms with Crippen LogP contribution in [0.2, 0.25) is 0 Å². The summed E-state index contributed by atoms with van der Waals surface area (Å²) < 4.78 is 40.0. The first-order valence-corrected chi connectivity index (χ1v) is 40.4. The van der Waals surface area contributed by atoms with E-state index in [1.54, 1.807) is 27.7 Å². The van der Waals surface area contributed by atoms with Crippen LogP contribution in [0.15, 0.2) is 48.5 Å². The highest BCUT2D eigenvalue weighted by atomic mass is 16.6. The Morgan fingerprint density at radius 3 is 0.431 bits per heavy atom. The summed E-state index contributed by atoms with van der Waals surface area (Å²) in [6, 6.07) is 14.6. The molecule has 4 atom stereocenters. The molecule has 0 saturated carbocycles. The van der Waals surface area contributed by atoms with Gasteiger partial charge in [-0.15, -0.1) is 0 Å². The summed E-state index contributed by atoms with van der Waals surface area (Å²) in [4.78, 5) is 95.9. The molecule has 0 unspecified atom stereocenters.